The molecule has 2 aromatic heterocycles. The van der Waals surface area contributed by atoms with Crippen molar-refractivity contribution >= 4 is 17.7 Å². The SMILES string of the molecule is CC(C)Cn1c(SC(C)C(=O)N2CCOCC2)nnc1-c1ccco1. The number of carbonyl (C=O) groups excluding carboxylic acids is 1. The van der Waals surface area contributed by atoms with E-state index in [1.54, 1.807) is 6.26 Å². The number of hydrogen-bond donors (Lipinski definition) is 0. The van der Waals surface area contributed by atoms with E-state index in [2.05, 4.69) is 24.0 Å². The summed E-state index contributed by atoms with van der Waals surface area (Å²) in [5, 5.41) is 9.12. The molecule has 136 valence electrons. The first-order valence-electron chi connectivity index (χ1n) is 8.56. The summed E-state index contributed by atoms with van der Waals surface area (Å²) in [6, 6.07) is 3.71. The van der Waals surface area contributed by atoms with E-state index in [1.165, 1.54) is 11.8 Å². The van der Waals surface area contributed by atoms with Crippen molar-refractivity contribution in [2.45, 2.75) is 37.7 Å². The molecule has 3 rings (SSSR count). The molecule has 0 aromatic carbocycles. The largest absolute Gasteiger partial charge is 0.461 e. The molecule has 0 radical (unpaired) electrons. The van der Waals surface area contributed by atoms with E-state index in [-0.39, 0.29) is 11.2 Å². The van der Waals surface area contributed by atoms with Crippen molar-refractivity contribution in [3.8, 4) is 11.6 Å². The zero-order valence-electron chi connectivity index (χ0n) is 14.8. The monoisotopic (exact) mass is 364 g/mol. The summed E-state index contributed by atoms with van der Waals surface area (Å²) in [6.07, 6.45) is 1.63. The minimum Gasteiger partial charge on any atom is -0.461 e. The summed E-state index contributed by atoms with van der Waals surface area (Å²) in [5.74, 6) is 1.93. The lowest BCUT2D eigenvalue weighted by Gasteiger charge is -2.28. The second-order valence-electron chi connectivity index (χ2n) is 6.49. The Morgan fingerprint density at radius 2 is 2.04 bits per heavy atom. The van der Waals surface area contributed by atoms with Crippen LogP contribution in [0, 0.1) is 5.92 Å². The number of ether oxygens (including phenoxy) is 1. The van der Waals surface area contributed by atoms with Gasteiger partial charge >= 0.3 is 0 Å². The van der Waals surface area contributed by atoms with Crippen LogP contribution in [-0.2, 0) is 16.1 Å². The number of aromatic nitrogens is 3. The Kier molecular flexibility index (Phi) is 5.80. The van der Waals surface area contributed by atoms with Crippen molar-refractivity contribution in [2.75, 3.05) is 26.3 Å². The molecule has 0 saturated carbocycles. The van der Waals surface area contributed by atoms with Gasteiger partial charge in [-0.3, -0.25) is 9.36 Å². The molecule has 1 aliphatic heterocycles. The van der Waals surface area contributed by atoms with Crippen LogP contribution in [0.5, 0.6) is 0 Å². The summed E-state index contributed by atoms with van der Waals surface area (Å²) < 4.78 is 12.8. The third kappa shape index (κ3) is 4.24. The molecular formula is C17H24N4O3S. The van der Waals surface area contributed by atoms with Gasteiger partial charge in [-0.2, -0.15) is 0 Å². The number of nitrogens with zero attached hydrogens (tertiary/aromatic N) is 4. The van der Waals surface area contributed by atoms with E-state index in [0.717, 1.165) is 11.7 Å². The highest BCUT2D eigenvalue weighted by molar-refractivity contribution is 8.00. The number of amides is 1. The van der Waals surface area contributed by atoms with Gasteiger partial charge in [-0.15, -0.1) is 10.2 Å². The van der Waals surface area contributed by atoms with Crippen molar-refractivity contribution in [1.29, 1.82) is 0 Å². The number of furan rings is 1. The van der Waals surface area contributed by atoms with Crippen LogP contribution in [0.1, 0.15) is 20.8 Å². The summed E-state index contributed by atoms with van der Waals surface area (Å²) in [6.45, 7) is 9.49. The van der Waals surface area contributed by atoms with E-state index in [9.17, 15) is 4.79 Å². The zero-order chi connectivity index (χ0) is 17.8. The van der Waals surface area contributed by atoms with E-state index in [1.807, 2.05) is 28.5 Å². The highest BCUT2D eigenvalue weighted by atomic mass is 32.2. The topological polar surface area (TPSA) is 73.4 Å². The zero-order valence-corrected chi connectivity index (χ0v) is 15.7. The standard InChI is InChI=1S/C17H24N4O3S/c1-12(2)11-21-15(14-5-4-8-24-14)18-19-17(21)25-13(3)16(22)20-6-9-23-10-7-20/h4-5,8,12-13H,6-7,9-11H2,1-3H3. The van der Waals surface area contributed by atoms with Gasteiger partial charge in [-0.25, -0.2) is 0 Å². The number of hydrogen-bond acceptors (Lipinski definition) is 6. The summed E-state index contributed by atoms with van der Waals surface area (Å²) in [4.78, 5) is 14.5. The number of carbonyl (C=O) groups is 1. The van der Waals surface area contributed by atoms with Crippen LogP contribution >= 0.6 is 11.8 Å². The van der Waals surface area contributed by atoms with Gasteiger partial charge in [0.1, 0.15) is 0 Å². The van der Waals surface area contributed by atoms with Gasteiger partial charge in [0.05, 0.1) is 24.7 Å². The summed E-state index contributed by atoms with van der Waals surface area (Å²) >= 11 is 1.45. The average molecular weight is 364 g/mol. The van der Waals surface area contributed by atoms with Crippen molar-refractivity contribution in [2.24, 2.45) is 5.92 Å². The van der Waals surface area contributed by atoms with Crippen LogP contribution in [0.4, 0.5) is 0 Å². The minimum atomic E-state index is -0.224. The van der Waals surface area contributed by atoms with Gasteiger partial charge in [0.25, 0.3) is 0 Å². The van der Waals surface area contributed by atoms with Crippen LogP contribution in [0.2, 0.25) is 0 Å². The Hall–Kier alpha value is -1.80. The Morgan fingerprint density at radius 3 is 2.68 bits per heavy atom. The van der Waals surface area contributed by atoms with Crippen LogP contribution in [0.3, 0.4) is 0 Å². The molecule has 1 amide bonds. The molecule has 2 aromatic rings. The molecule has 3 heterocycles. The third-order valence-electron chi connectivity index (χ3n) is 3.96. The molecule has 7 nitrogen and oxygen atoms in total. The molecule has 1 aliphatic rings. The van der Waals surface area contributed by atoms with Gasteiger partial charge in [0, 0.05) is 19.6 Å². The van der Waals surface area contributed by atoms with E-state index < -0.39 is 0 Å². The number of morpholine rings is 1. The molecule has 1 atom stereocenters. The molecule has 0 bridgehead atoms. The van der Waals surface area contributed by atoms with Crippen molar-refractivity contribution in [1.82, 2.24) is 19.7 Å². The van der Waals surface area contributed by atoms with Crippen molar-refractivity contribution in [3.05, 3.63) is 18.4 Å². The fourth-order valence-electron chi connectivity index (χ4n) is 2.74. The van der Waals surface area contributed by atoms with Crippen LogP contribution in [0.25, 0.3) is 11.6 Å². The summed E-state index contributed by atoms with van der Waals surface area (Å²) in [7, 11) is 0. The molecule has 1 unspecified atom stereocenters. The van der Waals surface area contributed by atoms with Crippen molar-refractivity contribution < 1.29 is 13.9 Å². The first kappa shape index (κ1) is 18.0. The normalized spacial score (nSPS) is 16.4. The van der Waals surface area contributed by atoms with E-state index >= 15 is 0 Å². The quantitative estimate of drug-likeness (QED) is 0.734. The third-order valence-corrected chi connectivity index (χ3v) is 5.03. The predicted molar refractivity (Wildman–Crippen MR) is 95.3 cm³/mol. The van der Waals surface area contributed by atoms with Crippen molar-refractivity contribution in [3.63, 3.8) is 0 Å². The lowest BCUT2D eigenvalue weighted by molar-refractivity contribution is -0.134. The number of thioether (sulfide) groups is 1. The molecule has 0 N–H and O–H groups in total. The molecule has 1 saturated heterocycles. The number of rotatable bonds is 6. The smallest absolute Gasteiger partial charge is 0.236 e. The maximum atomic E-state index is 12.6. The highest BCUT2D eigenvalue weighted by Gasteiger charge is 2.26. The Morgan fingerprint density at radius 1 is 1.28 bits per heavy atom. The van der Waals surface area contributed by atoms with Crippen LogP contribution in [0.15, 0.2) is 28.0 Å². The summed E-state index contributed by atoms with van der Waals surface area (Å²) in [5.41, 5.74) is 0. The van der Waals surface area contributed by atoms with E-state index in [4.69, 9.17) is 9.15 Å². The Bertz CT molecular complexity index is 693. The first-order valence-corrected chi connectivity index (χ1v) is 9.44. The molecule has 0 spiro atoms. The highest BCUT2D eigenvalue weighted by Crippen LogP contribution is 2.28. The average Bonchev–Trinajstić information content (AvgIpc) is 3.25. The lowest BCUT2D eigenvalue weighted by Crippen LogP contribution is -2.44. The van der Waals surface area contributed by atoms with E-state index in [0.29, 0.717) is 43.8 Å². The maximum absolute atomic E-state index is 12.6. The molecular weight excluding hydrogens is 340 g/mol. The molecule has 8 heteroatoms. The van der Waals surface area contributed by atoms with Crippen LogP contribution in [-0.4, -0.2) is 57.1 Å². The lowest BCUT2D eigenvalue weighted by atomic mass is 10.2. The Balaban J connectivity index is 1.78. The second-order valence-corrected chi connectivity index (χ2v) is 7.79. The Labute approximate surface area is 151 Å². The van der Waals surface area contributed by atoms with Gasteiger partial charge < -0.3 is 14.1 Å². The molecule has 1 fully saturated rings. The first-order chi connectivity index (χ1) is 12.1. The molecule has 25 heavy (non-hydrogen) atoms. The van der Waals surface area contributed by atoms with Gasteiger partial charge in [0.15, 0.2) is 16.7 Å². The molecule has 0 aliphatic carbocycles. The van der Waals surface area contributed by atoms with Gasteiger partial charge in [-0.1, -0.05) is 25.6 Å². The fourth-order valence-corrected chi connectivity index (χ4v) is 3.69. The maximum Gasteiger partial charge on any atom is 0.236 e. The fraction of sp³-hybridized carbons (Fsp3) is 0.588. The predicted octanol–water partition coefficient (Wildman–Crippen LogP) is 2.53. The van der Waals surface area contributed by atoms with Gasteiger partial charge in [0.2, 0.25) is 5.91 Å². The second kappa shape index (κ2) is 8.05. The van der Waals surface area contributed by atoms with Gasteiger partial charge in [-0.05, 0) is 25.0 Å². The minimum absolute atomic E-state index is 0.118. The van der Waals surface area contributed by atoms with Crippen LogP contribution < -0.4 is 0 Å².